The van der Waals surface area contributed by atoms with Crippen molar-refractivity contribution in [2.75, 3.05) is 0 Å². The minimum atomic E-state index is 0.323. The van der Waals surface area contributed by atoms with E-state index in [1.54, 1.807) is 0 Å². The van der Waals surface area contributed by atoms with Crippen molar-refractivity contribution in [1.29, 1.82) is 0 Å². The van der Waals surface area contributed by atoms with Crippen molar-refractivity contribution in [2.24, 2.45) is 0 Å². The van der Waals surface area contributed by atoms with E-state index >= 15 is 0 Å². The van der Waals surface area contributed by atoms with E-state index in [1.807, 2.05) is 12.4 Å². The highest BCUT2D eigenvalue weighted by Gasteiger charge is 2.28. The zero-order chi connectivity index (χ0) is 11.0. The van der Waals surface area contributed by atoms with Gasteiger partial charge in [-0.1, -0.05) is 37.3 Å². The Balaban J connectivity index is 1.94. The Bertz CT molecular complexity index is 471. The summed E-state index contributed by atoms with van der Waals surface area (Å²) < 4.78 is 2.23. The third-order valence-electron chi connectivity index (χ3n) is 3.23. The minimum Gasteiger partial charge on any atom is -0.314 e. The molecule has 16 heavy (non-hydrogen) atoms. The van der Waals surface area contributed by atoms with Crippen molar-refractivity contribution in [3.8, 4) is 0 Å². The Hall–Kier alpha value is -1.64. The molecule has 0 radical (unpaired) electrons. The molecule has 1 aliphatic carbocycles. The van der Waals surface area contributed by atoms with E-state index < -0.39 is 0 Å². The average molecular weight is 213 g/mol. The van der Waals surface area contributed by atoms with Crippen molar-refractivity contribution in [3.05, 3.63) is 48.0 Å². The van der Waals surface area contributed by atoms with Gasteiger partial charge in [0.05, 0.1) is 0 Å². The molecule has 2 aromatic rings. The summed E-state index contributed by atoms with van der Waals surface area (Å²) >= 11 is 0. The second-order valence-corrected chi connectivity index (χ2v) is 4.46. The summed E-state index contributed by atoms with van der Waals surface area (Å²) in [6.45, 7) is 2.19. The van der Waals surface area contributed by atoms with E-state index in [9.17, 15) is 0 Å². The lowest BCUT2D eigenvalue weighted by Gasteiger charge is -2.12. The Morgan fingerprint density at radius 1 is 1.25 bits per heavy atom. The molecule has 1 atom stereocenters. The van der Waals surface area contributed by atoms with Crippen molar-refractivity contribution in [1.82, 2.24) is 14.8 Å². The normalized spacial score (nSPS) is 17.3. The van der Waals surface area contributed by atoms with Gasteiger partial charge in [0.2, 0.25) is 0 Å². The maximum absolute atomic E-state index is 4.27. The van der Waals surface area contributed by atoms with Gasteiger partial charge in [-0.15, -0.1) is 10.2 Å². The number of nitrogens with zero attached hydrogens (tertiary/aromatic N) is 3. The molecule has 0 N–H and O–H groups in total. The number of aromatic nitrogens is 3. The number of hydrogen-bond acceptors (Lipinski definition) is 2. The molecule has 1 aromatic heterocycles. The maximum Gasteiger partial charge on any atom is 0.140 e. The molecule has 82 valence electrons. The standard InChI is InChI=1S/C13H15N3/c1-10(11-5-3-2-4-6-11)13-15-14-9-16(13)12-7-8-12/h2-6,9-10,12H,7-8H2,1H3. The topological polar surface area (TPSA) is 30.7 Å². The largest absolute Gasteiger partial charge is 0.314 e. The fourth-order valence-corrected chi connectivity index (χ4v) is 2.09. The first-order chi connectivity index (χ1) is 7.86. The summed E-state index contributed by atoms with van der Waals surface area (Å²) in [5, 5.41) is 8.31. The minimum absolute atomic E-state index is 0.323. The van der Waals surface area contributed by atoms with Crippen LogP contribution in [0.15, 0.2) is 36.7 Å². The van der Waals surface area contributed by atoms with Crippen molar-refractivity contribution < 1.29 is 0 Å². The van der Waals surface area contributed by atoms with E-state index in [2.05, 4.69) is 46.0 Å². The van der Waals surface area contributed by atoms with E-state index in [1.165, 1.54) is 18.4 Å². The van der Waals surface area contributed by atoms with Crippen LogP contribution in [0.1, 0.15) is 43.1 Å². The second-order valence-electron chi connectivity index (χ2n) is 4.46. The van der Waals surface area contributed by atoms with Crippen LogP contribution in [-0.4, -0.2) is 14.8 Å². The Labute approximate surface area is 95.1 Å². The third-order valence-corrected chi connectivity index (χ3v) is 3.23. The number of benzene rings is 1. The molecule has 3 heteroatoms. The van der Waals surface area contributed by atoms with Gasteiger partial charge in [-0.25, -0.2) is 0 Å². The molecule has 0 aliphatic heterocycles. The number of hydrogen-bond donors (Lipinski definition) is 0. The summed E-state index contributed by atoms with van der Waals surface area (Å²) in [4.78, 5) is 0. The monoisotopic (exact) mass is 213 g/mol. The van der Waals surface area contributed by atoms with E-state index in [-0.39, 0.29) is 0 Å². The molecule has 0 saturated heterocycles. The molecule has 0 bridgehead atoms. The van der Waals surface area contributed by atoms with Crippen molar-refractivity contribution in [2.45, 2.75) is 31.7 Å². The summed E-state index contributed by atoms with van der Waals surface area (Å²) in [5.41, 5.74) is 1.30. The Morgan fingerprint density at radius 3 is 2.69 bits per heavy atom. The lowest BCUT2D eigenvalue weighted by Crippen LogP contribution is -2.06. The molecule has 0 amide bonds. The maximum atomic E-state index is 4.27. The Morgan fingerprint density at radius 2 is 2.00 bits per heavy atom. The van der Waals surface area contributed by atoms with Gasteiger partial charge in [0.25, 0.3) is 0 Å². The van der Waals surface area contributed by atoms with Gasteiger partial charge in [-0.2, -0.15) is 0 Å². The van der Waals surface area contributed by atoms with Crippen LogP contribution < -0.4 is 0 Å². The van der Waals surface area contributed by atoms with Gasteiger partial charge in [0, 0.05) is 12.0 Å². The van der Waals surface area contributed by atoms with Crippen molar-refractivity contribution in [3.63, 3.8) is 0 Å². The first kappa shape index (κ1) is 9.58. The van der Waals surface area contributed by atoms with Gasteiger partial charge >= 0.3 is 0 Å². The summed E-state index contributed by atoms with van der Waals surface area (Å²) in [6, 6.07) is 11.1. The third kappa shape index (κ3) is 1.62. The molecule has 1 saturated carbocycles. The second kappa shape index (κ2) is 3.74. The van der Waals surface area contributed by atoms with Gasteiger partial charge in [-0.05, 0) is 18.4 Å². The van der Waals surface area contributed by atoms with Gasteiger partial charge < -0.3 is 4.57 Å². The highest BCUT2D eigenvalue weighted by atomic mass is 15.3. The molecule has 1 fully saturated rings. The van der Waals surface area contributed by atoms with Crippen LogP contribution in [-0.2, 0) is 0 Å². The summed E-state index contributed by atoms with van der Waals surface area (Å²) in [7, 11) is 0. The van der Waals surface area contributed by atoms with E-state index in [4.69, 9.17) is 0 Å². The molecule has 3 rings (SSSR count). The SMILES string of the molecule is CC(c1ccccc1)c1nncn1C1CC1. The quantitative estimate of drug-likeness (QED) is 0.785. The smallest absolute Gasteiger partial charge is 0.140 e. The molecular formula is C13H15N3. The molecule has 3 nitrogen and oxygen atoms in total. The van der Waals surface area contributed by atoms with Crippen LogP contribution in [0.25, 0.3) is 0 Å². The predicted molar refractivity (Wildman–Crippen MR) is 62.3 cm³/mol. The van der Waals surface area contributed by atoms with Gasteiger partial charge in [0.15, 0.2) is 0 Å². The van der Waals surface area contributed by atoms with Gasteiger partial charge in [0.1, 0.15) is 12.2 Å². The predicted octanol–water partition coefficient (Wildman–Crippen LogP) is 2.76. The molecule has 1 aromatic carbocycles. The van der Waals surface area contributed by atoms with Crippen LogP contribution >= 0.6 is 0 Å². The average Bonchev–Trinajstić information content (AvgIpc) is 3.07. The van der Waals surface area contributed by atoms with Crippen molar-refractivity contribution >= 4 is 0 Å². The molecular weight excluding hydrogens is 198 g/mol. The number of rotatable bonds is 3. The lowest BCUT2D eigenvalue weighted by molar-refractivity contribution is 0.655. The zero-order valence-corrected chi connectivity index (χ0v) is 9.37. The molecule has 0 spiro atoms. The lowest BCUT2D eigenvalue weighted by atomic mass is 10.0. The highest BCUT2D eigenvalue weighted by Crippen LogP contribution is 2.37. The zero-order valence-electron chi connectivity index (χ0n) is 9.37. The van der Waals surface area contributed by atoms with Crippen LogP contribution in [0.5, 0.6) is 0 Å². The van der Waals surface area contributed by atoms with E-state index in [0.29, 0.717) is 12.0 Å². The summed E-state index contributed by atoms with van der Waals surface area (Å²) in [5.74, 6) is 1.41. The fraction of sp³-hybridized carbons (Fsp3) is 0.385. The molecule has 1 unspecified atom stereocenters. The van der Waals surface area contributed by atoms with Crippen LogP contribution in [0.4, 0.5) is 0 Å². The molecule has 1 aliphatic rings. The van der Waals surface area contributed by atoms with E-state index in [0.717, 1.165) is 5.82 Å². The van der Waals surface area contributed by atoms with Crippen LogP contribution in [0.3, 0.4) is 0 Å². The summed E-state index contributed by atoms with van der Waals surface area (Å²) in [6.07, 6.45) is 4.41. The molecule has 1 heterocycles. The van der Waals surface area contributed by atoms with Crippen LogP contribution in [0, 0.1) is 0 Å². The van der Waals surface area contributed by atoms with Crippen LogP contribution in [0.2, 0.25) is 0 Å². The van der Waals surface area contributed by atoms with Gasteiger partial charge in [-0.3, -0.25) is 0 Å². The first-order valence-electron chi connectivity index (χ1n) is 5.80. The fourth-order valence-electron chi connectivity index (χ4n) is 2.09. The highest BCUT2D eigenvalue weighted by molar-refractivity contribution is 5.24. The Kier molecular flexibility index (Phi) is 2.24. The first-order valence-corrected chi connectivity index (χ1v) is 5.80.